The van der Waals surface area contributed by atoms with Gasteiger partial charge in [-0.3, -0.25) is 14.4 Å². The van der Waals surface area contributed by atoms with Crippen LogP contribution in [0.3, 0.4) is 0 Å². The predicted molar refractivity (Wildman–Crippen MR) is 160 cm³/mol. The minimum atomic E-state index is -3.50. The Kier molecular flexibility index (Phi) is 9.24. The molecule has 1 aromatic heterocycles. The van der Waals surface area contributed by atoms with Gasteiger partial charge in [0.25, 0.3) is 5.91 Å². The van der Waals surface area contributed by atoms with Crippen LogP contribution in [-0.2, 0) is 32.4 Å². The molecular weight excluding hydrogens is 568 g/mol. The molecule has 0 unspecified atom stereocenters. The molecule has 0 aliphatic carbocycles. The van der Waals surface area contributed by atoms with Gasteiger partial charge >= 0.3 is 0 Å². The highest BCUT2D eigenvalue weighted by Gasteiger charge is 2.34. The molecule has 228 valence electrons. The van der Waals surface area contributed by atoms with Crippen LogP contribution in [0.2, 0.25) is 0 Å². The average Bonchev–Trinajstić information content (AvgIpc) is 3.38. The lowest BCUT2D eigenvalue weighted by molar-refractivity contribution is -0.142. The summed E-state index contributed by atoms with van der Waals surface area (Å²) in [6.07, 6.45) is 4.46. The van der Waals surface area contributed by atoms with Crippen molar-refractivity contribution in [1.29, 1.82) is 0 Å². The standard InChI is InChI=1S/C31H38N6O5S/c1-22-32-29-26(20-23-10-4-3-5-11-23)33-30(39)27-14-6-7-17-36(27)28(38)15-9-16-35(18-19-37(29)34-22)31(40)24-12-8-13-25(21-24)43(2,41)42/h3-5,8,10-13,21,26-27H,6-7,9,14-20H2,1-2H3,(H,33,39)/t26-,27+/m1/s1. The molecule has 0 saturated carbocycles. The van der Waals surface area contributed by atoms with Crippen LogP contribution >= 0.6 is 0 Å². The van der Waals surface area contributed by atoms with Gasteiger partial charge in [0.2, 0.25) is 11.8 Å². The van der Waals surface area contributed by atoms with Crippen LogP contribution in [0.5, 0.6) is 0 Å². The maximum absolute atomic E-state index is 13.7. The minimum Gasteiger partial charge on any atom is -0.344 e. The van der Waals surface area contributed by atoms with E-state index in [4.69, 9.17) is 4.98 Å². The zero-order valence-electron chi connectivity index (χ0n) is 24.6. The number of fused-ring (bicyclic) bond motifs is 2. The Hall–Kier alpha value is -4.06. The molecule has 1 saturated heterocycles. The summed E-state index contributed by atoms with van der Waals surface area (Å²) in [5, 5.41) is 7.81. The van der Waals surface area contributed by atoms with Gasteiger partial charge in [0, 0.05) is 37.9 Å². The molecule has 0 radical (unpaired) electrons. The summed E-state index contributed by atoms with van der Waals surface area (Å²) in [5.74, 6) is 0.489. The van der Waals surface area contributed by atoms with Crippen molar-refractivity contribution in [3.05, 3.63) is 77.4 Å². The van der Waals surface area contributed by atoms with Crippen molar-refractivity contribution in [1.82, 2.24) is 29.9 Å². The van der Waals surface area contributed by atoms with Crippen LogP contribution in [0.15, 0.2) is 59.5 Å². The van der Waals surface area contributed by atoms with Gasteiger partial charge in [-0.05, 0) is 62.8 Å². The van der Waals surface area contributed by atoms with E-state index in [-0.39, 0.29) is 47.7 Å². The fourth-order valence-corrected chi connectivity index (χ4v) is 6.53. The summed E-state index contributed by atoms with van der Waals surface area (Å²) in [5.41, 5.74) is 1.27. The van der Waals surface area contributed by atoms with Crippen LogP contribution in [-0.4, -0.2) is 82.6 Å². The van der Waals surface area contributed by atoms with E-state index in [2.05, 4.69) is 10.4 Å². The lowest BCUT2D eigenvalue weighted by Crippen LogP contribution is -2.53. The fraction of sp³-hybridized carbons (Fsp3) is 0.452. The molecule has 1 fully saturated rings. The van der Waals surface area contributed by atoms with Crippen molar-refractivity contribution in [2.45, 2.75) is 69.0 Å². The Labute approximate surface area is 252 Å². The smallest absolute Gasteiger partial charge is 0.253 e. The molecule has 1 N–H and O–H groups in total. The van der Waals surface area contributed by atoms with Crippen molar-refractivity contribution < 1.29 is 22.8 Å². The fourth-order valence-electron chi connectivity index (χ4n) is 5.86. The van der Waals surface area contributed by atoms with Gasteiger partial charge in [0.1, 0.15) is 17.7 Å². The van der Waals surface area contributed by atoms with Gasteiger partial charge in [0.15, 0.2) is 9.84 Å². The number of carbonyl (C=O) groups excluding carboxylic acids is 3. The number of amides is 3. The number of aryl methyl sites for hydroxylation is 1. The highest BCUT2D eigenvalue weighted by molar-refractivity contribution is 7.90. The maximum Gasteiger partial charge on any atom is 0.253 e. The first-order valence-corrected chi connectivity index (χ1v) is 16.6. The molecule has 12 heteroatoms. The number of hydrogen-bond donors (Lipinski definition) is 1. The number of nitrogens with zero attached hydrogens (tertiary/aromatic N) is 5. The number of rotatable bonds is 4. The van der Waals surface area contributed by atoms with E-state index in [1.807, 2.05) is 30.3 Å². The molecular formula is C31H38N6O5S. The summed E-state index contributed by atoms with van der Waals surface area (Å²) in [6, 6.07) is 14.7. The number of nitrogens with one attached hydrogen (secondary N) is 1. The molecule has 5 rings (SSSR count). The van der Waals surface area contributed by atoms with E-state index < -0.39 is 21.9 Å². The van der Waals surface area contributed by atoms with Crippen molar-refractivity contribution >= 4 is 27.6 Å². The number of carbonyl (C=O) groups is 3. The second kappa shape index (κ2) is 13.1. The highest BCUT2D eigenvalue weighted by Crippen LogP contribution is 2.23. The molecule has 11 nitrogen and oxygen atoms in total. The summed E-state index contributed by atoms with van der Waals surface area (Å²) in [4.78, 5) is 48.9. The number of piperidine rings is 1. The number of hydrogen-bond acceptors (Lipinski definition) is 7. The first-order valence-electron chi connectivity index (χ1n) is 14.7. The molecule has 0 bridgehead atoms. The van der Waals surface area contributed by atoms with Gasteiger partial charge in [-0.25, -0.2) is 18.1 Å². The molecule has 2 atom stereocenters. The van der Waals surface area contributed by atoms with Gasteiger partial charge in [-0.2, -0.15) is 5.10 Å². The summed E-state index contributed by atoms with van der Waals surface area (Å²) >= 11 is 0. The second-order valence-electron chi connectivity index (χ2n) is 11.3. The van der Waals surface area contributed by atoms with Gasteiger partial charge in [-0.15, -0.1) is 0 Å². The molecule has 43 heavy (non-hydrogen) atoms. The van der Waals surface area contributed by atoms with Crippen LogP contribution in [0.4, 0.5) is 0 Å². The number of aromatic nitrogens is 3. The molecule has 2 aromatic carbocycles. The van der Waals surface area contributed by atoms with E-state index in [9.17, 15) is 22.8 Å². The average molecular weight is 607 g/mol. The van der Waals surface area contributed by atoms with Crippen molar-refractivity contribution in [2.75, 3.05) is 25.9 Å². The monoisotopic (exact) mass is 606 g/mol. The molecule has 3 heterocycles. The Morgan fingerprint density at radius 3 is 2.53 bits per heavy atom. The molecule has 2 aliphatic heterocycles. The van der Waals surface area contributed by atoms with Gasteiger partial charge in [0.05, 0.1) is 17.5 Å². The number of sulfone groups is 1. The minimum absolute atomic E-state index is 0.0699. The third-order valence-electron chi connectivity index (χ3n) is 8.04. The molecule has 0 spiro atoms. The Morgan fingerprint density at radius 2 is 1.77 bits per heavy atom. The van der Waals surface area contributed by atoms with Crippen LogP contribution < -0.4 is 5.32 Å². The largest absolute Gasteiger partial charge is 0.344 e. The quantitative estimate of drug-likeness (QED) is 0.483. The van der Waals surface area contributed by atoms with Gasteiger partial charge in [-0.1, -0.05) is 36.4 Å². The zero-order valence-corrected chi connectivity index (χ0v) is 25.4. The summed E-state index contributed by atoms with van der Waals surface area (Å²) in [6.45, 7) is 3.14. The van der Waals surface area contributed by atoms with Crippen LogP contribution in [0.25, 0.3) is 0 Å². The summed E-state index contributed by atoms with van der Waals surface area (Å²) in [7, 11) is -3.50. The van der Waals surface area contributed by atoms with Crippen molar-refractivity contribution in [2.24, 2.45) is 0 Å². The topological polar surface area (TPSA) is 135 Å². The lowest BCUT2D eigenvalue weighted by Gasteiger charge is -2.36. The first kappa shape index (κ1) is 30.4. The maximum atomic E-state index is 13.7. The SMILES string of the molecule is Cc1nc2n(n1)CCN(C(=O)c1cccc(S(C)(=O)=O)c1)CCCC(=O)N1CCCC[C@H]1C(=O)N[C@@H]2Cc1ccccc1. The highest BCUT2D eigenvalue weighted by atomic mass is 32.2. The Bertz CT molecular complexity index is 1590. The lowest BCUT2D eigenvalue weighted by atomic mass is 9.99. The normalized spacial score (nSPS) is 20.5. The van der Waals surface area contributed by atoms with E-state index in [1.165, 1.54) is 12.1 Å². The molecule has 2 aliphatic rings. The molecule has 3 aromatic rings. The van der Waals surface area contributed by atoms with E-state index in [1.54, 1.807) is 33.5 Å². The van der Waals surface area contributed by atoms with E-state index in [0.29, 0.717) is 44.0 Å². The Morgan fingerprint density at radius 1 is 0.977 bits per heavy atom. The van der Waals surface area contributed by atoms with E-state index in [0.717, 1.165) is 24.7 Å². The Balaban J connectivity index is 1.50. The first-order chi connectivity index (χ1) is 20.6. The third kappa shape index (κ3) is 7.30. The second-order valence-corrected chi connectivity index (χ2v) is 13.3. The summed E-state index contributed by atoms with van der Waals surface area (Å²) < 4.78 is 26.1. The van der Waals surface area contributed by atoms with Gasteiger partial charge < -0.3 is 15.1 Å². The van der Waals surface area contributed by atoms with E-state index >= 15 is 0 Å². The van der Waals surface area contributed by atoms with Crippen molar-refractivity contribution in [3.63, 3.8) is 0 Å². The zero-order chi connectivity index (χ0) is 30.6. The van der Waals surface area contributed by atoms with Crippen LogP contribution in [0.1, 0.15) is 65.7 Å². The third-order valence-corrected chi connectivity index (χ3v) is 9.15. The molecule has 3 amide bonds. The van der Waals surface area contributed by atoms with Crippen molar-refractivity contribution in [3.8, 4) is 0 Å². The van der Waals surface area contributed by atoms with Crippen LogP contribution in [0, 0.1) is 6.92 Å². The number of benzene rings is 2. The predicted octanol–water partition coefficient (Wildman–Crippen LogP) is 2.71.